The lowest BCUT2D eigenvalue weighted by molar-refractivity contribution is 1.09. The summed E-state index contributed by atoms with van der Waals surface area (Å²) in [5, 5.41) is 8.71. The van der Waals surface area contributed by atoms with E-state index in [1.165, 1.54) is 0 Å². The number of pyridine rings is 1. The average Bonchev–Trinajstić information content (AvgIpc) is 2.75. The zero-order valence-electron chi connectivity index (χ0n) is 8.38. The third-order valence-corrected chi connectivity index (χ3v) is 2.40. The molecule has 16 heavy (non-hydrogen) atoms. The van der Waals surface area contributed by atoms with Crippen LogP contribution in [0.15, 0.2) is 36.5 Å². The van der Waals surface area contributed by atoms with Crippen molar-refractivity contribution in [1.29, 1.82) is 0 Å². The second-order valence-corrected chi connectivity index (χ2v) is 3.42. The number of hydrogen-bond acceptors (Lipinski definition) is 4. The van der Waals surface area contributed by atoms with Gasteiger partial charge in [-0.3, -0.25) is 10.1 Å². The summed E-state index contributed by atoms with van der Waals surface area (Å²) in [5.74, 6) is 0.819. The van der Waals surface area contributed by atoms with Crippen LogP contribution in [-0.4, -0.2) is 20.2 Å². The first-order chi connectivity index (χ1) is 7.84. The molecule has 78 valence electrons. The molecule has 0 fully saturated rings. The number of benzene rings is 1. The second-order valence-electron chi connectivity index (χ2n) is 3.42. The lowest BCUT2D eigenvalue weighted by Gasteiger charge is -2.01. The van der Waals surface area contributed by atoms with Crippen LogP contribution in [0.4, 0.5) is 5.95 Å². The third kappa shape index (κ3) is 1.30. The van der Waals surface area contributed by atoms with E-state index < -0.39 is 0 Å². The van der Waals surface area contributed by atoms with E-state index in [0.717, 1.165) is 16.5 Å². The lowest BCUT2D eigenvalue weighted by Crippen LogP contribution is -1.88. The zero-order valence-corrected chi connectivity index (χ0v) is 8.38. The summed E-state index contributed by atoms with van der Waals surface area (Å²) >= 11 is 0. The quantitative estimate of drug-likeness (QED) is 0.640. The molecule has 3 N–H and O–H groups in total. The molecule has 0 atom stereocenters. The molecule has 0 aliphatic heterocycles. The number of hydrogen-bond donors (Lipinski definition) is 2. The minimum atomic E-state index is 0.227. The second kappa shape index (κ2) is 3.30. The Kier molecular flexibility index (Phi) is 1.83. The lowest BCUT2D eigenvalue weighted by atomic mass is 10.1. The van der Waals surface area contributed by atoms with Crippen molar-refractivity contribution >= 4 is 16.7 Å². The van der Waals surface area contributed by atoms with Gasteiger partial charge in [-0.15, -0.1) is 5.10 Å². The third-order valence-electron chi connectivity index (χ3n) is 2.40. The Morgan fingerprint density at radius 2 is 2.00 bits per heavy atom. The van der Waals surface area contributed by atoms with Crippen molar-refractivity contribution in [2.75, 3.05) is 5.73 Å². The van der Waals surface area contributed by atoms with Gasteiger partial charge in [0.25, 0.3) is 0 Å². The zero-order chi connectivity index (χ0) is 11.0. The fourth-order valence-corrected chi connectivity index (χ4v) is 1.69. The summed E-state index contributed by atoms with van der Waals surface area (Å²) in [7, 11) is 0. The number of anilines is 1. The highest BCUT2D eigenvalue weighted by Gasteiger charge is 2.08. The fraction of sp³-hybridized carbons (Fsp3) is 0. The van der Waals surface area contributed by atoms with E-state index in [1.54, 1.807) is 6.20 Å². The molecule has 2 aromatic heterocycles. The minimum Gasteiger partial charge on any atom is -0.366 e. The average molecular weight is 211 g/mol. The van der Waals surface area contributed by atoms with Crippen molar-refractivity contribution < 1.29 is 0 Å². The Morgan fingerprint density at radius 1 is 1.12 bits per heavy atom. The number of aromatic amines is 1. The topological polar surface area (TPSA) is 80.5 Å². The maximum atomic E-state index is 5.48. The molecule has 0 aliphatic rings. The summed E-state index contributed by atoms with van der Waals surface area (Å²) in [6.45, 7) is 0. The normalized spacial score (nSPS) is 10.8. The van der Waals surface area contributed by atoms with Crippen molar-refractivity contribution in [2.24, 2.45) is 0 Å². The molecule has 0 unspecified atom stereocenters. The van der Waals surface area contributed by atoms with Gasteiger partial charge < -0.3 is 5.73 Å². The molecule has 1 aromatic carbocycles. The first-order valence-electron chi connectivity index (χ1n) is 4.86. The monoisotopic (exact) mass is 211 g/mol. The molecule has 0 amide bonds. The summed E-state index contributed by atoms with van der Waals surface area (Å²) in [6, 6.07) is 9.93. The number of fused-ring (bicyclic) bond motifs is 1. The van der Waals surface area contributed by atoms with Gasteiger partial charge in [0.05, 0.1) is 0 Å². The molecule has 0 aliphatic carbocycles. The summed E-state index contributed by atoms with van der Waals surface area (Å²) in [5.41, 5.74) is 6.24. The highest BCUT2D eigenvalue weighted by molar-refractivity contribution is 5.92. The molecule has 2 heterocycles. The predicted octanol–water partition coefficient (Wildman–Crippen LogP) is 1.60. The van der Waals surface area contributed by atoms with E-state index in [1.807, 2.05) is 30.3 Å². The molecular weight excluding hydrogens is 202 g/mol. The highest BCUT2D eigenvalue weighted by Crippen LogP contribution is 2.23. The number of H-pyrrole nitrogens is 1. The van der Waals surface area contributed by atoms with Gasteiger partial charge in [0.2, 0.25) is 5.95 Å². The molecule has 3 aromatic rings. The number of nitrogens with zero attached hydrogens (tertiary/aromatic N) is 3. The van der Waals surface area contributed by atoms with Crippen LogP contribution >= 0.6 is 0 Å². The van der Waals surface area contributed by atoms with Crippen LogP contribution in [0.25, 0.3) is 22.3 Å². The van der Waals surface area contributed by atoms with Gasteiger partial charge in [-0.1, -0.05) is 24.3 Å². The largest absolute Gasteiger partial charge is 0.366 e. The van der Waals surface area contributed by atoms with Gasteiger partial charge in [0, 0.05) is 11.6 Å². The van der Waals surface area contributed by atoms with Crippen LogP contribution in [-0.2, 0) is 0 Å². The van der Waals surface area contributed by atoms with Crippen molar-refractivity contribution in [3.05, 3.63) is 36.5 Å². The maximum Gasteiger partial charge on any atom is 0.239 e. The van der Waals surface area contributed by atoms with Crippen LogP contribution in [0.2, 0.25) is 0 Å². The Bertz CT molecular complexity index is 638. The number of nitrogen functional groups attached to an aromatic ring is 1. The maximum absolute atomic E-state index is 5.48. The minimum absolute atomic E-state index is 0.227. The Morgan fingerprint density at radius 3 is 2.81 bits per heavy atom. The van der Waals surface area contributed by atoms with Gasteiger partial charge in [-0.05, 0) is 11.5 Å². The fourth-order valence-electron chi connectivity index (χ4n) is 1.69. The Labute approximate surface area is 91.3 Å². The van der Waals surface area contributed by atoms with Crippen LogP contribution in [0.1, 0.15) is 0 Å². The standard InChI is InChI=1S/C11H9N5/c12-11-14-10(15-16-11)9-8-4-2-1-3-7(8)5-6-13-9/h1-6H,(H3,12,14,15,16). The number of aromatic nitrogens is 4. The summed E-state index contributed by atoms with van der Waals surface area (Å²) < 4.78 is 0. The summed E-state index contributed by atoms with van der Waals surface area (Å²) in [4.78, 5) is 8.38. The van der Waals surface area contributed by atoms with Gasteiger partial charge in [-0.25, -0.2) is 0 Å². The molecular formula is C11H9N5. The smallest absolute Gasteiger partial charge is 0.239 e. The Balaban J connectivity index is 2.31. The molecule has 0 saturated heterocycles. The molecule has 5 nitrogen and oxygen atoms in total. The highest BCUT2D eigenvalue weighted by atomic mass is 15.3. The van der Waals surface area contributed by atoms with Crippen molar-refractivity contribution in [3.63, 3.8) is 0 Å². The summed E-state index contributed by atoms with van der Waals surface area (Å²) in [6.07, 6.45) is 1.75. The molecule has 3 rings (SSSR count). The van der Waals surface area contributed by atoms with E-state index in [4.69, 9.17) is 5.73 Å². The van der Waals surface area contributed by atoms with E-state index in [0.29, 0.717) is 5.82 Å². The van der Waals surface area contributed by atoms with E-state index in [-0.39, 0.29) is 5.95 Å². The molecule has 0 radical (unpaired) electrons. The van der Waals surface area contributed by atoms with Gasteiger partial charge >= 0.3 is 0 Å². The van der Waals surface area contributed by atoms with E-state index in [9.17, 15) is 0 Å². The van der Waals surface area contributed by atoms with Crippen molar-refractivity contribution in [2.45, 2.75) is 0 Å². The molecule has 5 heteroatoms. The van der Waals surface area contributed by atoms with Crippen LogP contribution < -0.4 is 5.73 Å². The molecule has 0 saturated carbocycles. The van der Waals surface area contributed by atoms with E-state index >= 15 is 0 Å². The molecule has 0 bridgehead atoms. The van der Waals surface area contributed by atoms with Gasteiger partial charge in [0.15, 0.2) is 5.82 Å². The van der Waals surface area contributed by atoms with Gasteiger partial charge in [-0.2, -0.15) is 4.98 Å². The van der Waals surface area contributed by atoms with Crippen LogP contribution in [0.5, 0.6) is 0 Å². The SMILES string of the molecule is Nc1n[nH]c(-c2nccc3ccccc23)n1. The Hall–Kier alpha value is -2.43. The van der Waals surface area contributed by atoms with Crippen molar-refractivity contribution in [3.8, 4) is 11.5 Å². The van der Waals surface area contributed by atoms with E-state index in [2.05, 4.69) is 20.2 Å². The molecule has 0 spiro atoms. The number of nitrogens with two attached hydrogens (primary N) is 1. The predicted molar refractivity (Wildman–Crippen MR) is 61.5 cm³/mol. The van der Waals surface area contributed by atoms with Crippen molar-refractivity contribution in [1.82, 2.24) is 20.2 Å². The number of rotatable bonds is 1. The first kappa shape index (κ1) is 8.84. The van der Waals surface area contributed by atoms with Gasteiger partial charge in [0.1, 0.15) is 5.69 Å². The number of nitrogens with one attached hydrogen (secondary N) is 1. The first-order valence-corrected chi connectivity index (χ1v) is 4.86. The van der Waals surface area contributed by atoms with Crippen LogP contribution in [0, 0.1) is 0 Å². The van der Waals surface area contributed by atoms with Crippen LogP contribution in [0.3, 0.4) is 0 Å².